The first kappa shape index (κ1) is 17.5. The summed E-state index contributed by atoms with van der Waals surface area (Å²) in [7, 11) is 0. The van der Waals surface area contributed by atoms with Gasteiger partial charge in [0.25, 0.3) is 0 Å². The molecule has 0 aliphatic heterocycles. The molecular formula is C17H16BrClN2O2. The number of carbonyl (C=O) groups is 1. The fraction of sp³-hybridized carbons (Fsp3) is 0.176. The lowest BCUT2D eigenvalue weighted by Crippen LogP contribution is -2.19. The first-order chi connectivity index (χ1) is 11.1. The Morgan fingerprint density at radius 3 is 2.74 bits per heavy atom. The summed E-state index contributed by atoms with van der Waals surface area (Å²) >= 11 is 9.33. The largest absolute Gasteiger partial charge is 0.493 e. The van der Waals surface area contributed by atoms with Gasteiger partial charge in [-0.15, -0.1) is 0 Å². The van der Waals surface area contributed by atoms with E-state index in [-0.39, 0.29) is 12.3 Å². The maximum absolute atomic E-state index is 11.9. The van der Waals surface area contributed by atoms with Crippen LogP contribution in [0.1, 0.15) is 18.1 Å². The number of rotatable bonds is 6. The minimum Gasteiger partial charge on any atom is -0.493 e. The molecule has 2 rings (SSSR count). The van der Waals surface area contributed by atoms with E-state index in [1.807, 2.05) is 31.2 Å². The summed E-state index contributed by atoms with van der Waals surface area (Å²) in [4.78, 5) is 11.9. The molecule has 2 aromatic rings. The Balaban J connectivity index is 1.97. The molecule has 0 bridgehead atoms. The highest BCUT2D eigenvalue weighted by molar-refractivity contribution is 9.10. The van der Waals surface area contributed by atoms with Crippen molar-refractivity contribution in [1.29, 1.82) is 0 Å². The quantitative estimate of drug-likeness (QED) is 0.589. The summed E-state index contributed by atoms with van der Waals surface area (Å²) < 4.78 is 6.47. The van der Waals surface area contributed by atoms with Gasteiger partial charge in [0.05, 0.1) is 19.2 Å². The van der Waals surface area contributed by atoms with Crippen LogP contribution in [0.4, 0.5) is 0 Å². The van der Waals surface area contributed by atoms with Crippen LogP contribution in [-0.2, 0) is 11.2 Å². The van der Waals surface area contributed by atoms with E-state index in [1.54, 1.807) is 18.2 Å². The van der Waals surface area contributed by atoms with Crippen molar-refractivity contribution < 1.29 is 9.53 Å². The van der Waals surface area contributed by atoms with Gasteiger partial charge in [-0.25, -0.2) is 5.43 Å². The number of ether oxygens (including phenoxy) is 1. The van der Waals surface area contributed by atoms with Gasteiger partial charge in [-0.2, -0.15) is 5.10 Å². The minimum atomic E-state index is -0.191. The molecule has 120 valence electrons. The number of hydrogen-bond acceptors (Lipinski definition) is 3. The number of halogens is 2. The number of nitrogens with one attached hydrogen (secondary N) is 1. The predicted octanol–water partition coefficient (Wildman–Crippen LogP) is 4.19. The van der Waals surface area contributed by atoms with Gasteiger partial charge in [0, 0.05) is 15.1 Å². The lowest BCUT2D eigenvalue weighted by Gasteiger charge is -2.07. The molecule has 1 amide bonds. The van der Waals surface area contributed by atoms with Gasteiger partial charge in [0.1, 0.15) is 5.75 Å². The third-order valence-electron chi connectivity index (χ3n) is 2.94. The number of hydrogen-bond donors (Lipinski definition) is 1. The van der Waals surface area contributed by atoms with E-state index in [9.17, 15) is 4.79 Å². The Labute approximate surface area is 148 Å². The highest BCUT2D eigenvalue weighted by Crippen LogP contribution is 2.21. The van der Waals surface area contributed by atoms with Gasteiger partial charge in [-0.05, 0) is 42.8 Å². The van der Waals surface area contributed by atoms with E-state index in [2.05, 4.69) is 26.5 Å². The predicted molar refractivity (Wildman–Crippen MR) is 96.2 cm³/mol. The third-order valence-corrected chi connectivity index (χ3v) is 3.71. The van der Waals surface area contributed by atoms with Crippen molar-refractivity contribution >= 4 is 39.7 Å². The first-order valence-electron chi connectivity index (χ1n) is 7.07. The Hall–Kier alpha value is -1.85. The van der Waals surface area contributed by atoms with E-state index in [1.165, 1.54) is 6.21 Å². The zero-order valence-electron chi connectivity index (χ0n) is 12.6. The zero-order chi connectivity index (χ0) is 16.7. The van der Waals surface area contributed by atoms with Crippen LogP contribution in [0.2, 0.25) is 5.02 Å². The summed E-state index contributed by atoms with van der Waals surface area (Å²) in [5.74, 6) is 0.478. The van der Waals surface area contributed by atoms with Crippen molar-refractivity contribution in [3.63, 3.8) is 0 Å². The monoisotopic (exact) mass is 394 g/mol. The van der Waals surface area contributed by atoms with Crippen molar-refractivity contribution in [3.05, 3.63) is 63.1 Å². The van der Waals surface area contributed by atoms with Crippen LogP contribution in [0.5, 0.6) is 5.75 Å². The first-order valence-corrected chi connectivity index (χ1v) is 8.24. The standard InChI is InChI=1S/C17H16BrClN2O2/c1-2-23-16-8-7-15(19)10-13(16)11-20-21-17(22)9-12-3-5-14(18)6-4-12/h3-8,10-11H,2,9H2,1H3,(H,21,22)/b20-11-. The Bertz CT molecular complexity index is 702. The molecule has 4 nitrogen and oxygen atoms in total. The van der Waals surface area contributed by atoms with Crippen molar-refractivity contribution in [1.82, 2.24) is 5.43 Å². The van der Waals surface area contributed by atoms with Crippen LogP contribution >= 0.6 is 27.5 Å². The Morgan fingerprint density at radius 1 is 1.30 bits per heavy atom. The number of benzene rings is 2. The maximum atomic E-state index is 11.9. The normalized spacial score (nSPS) is 10.7. The van der Waals surface area contributed by atoms with E-state index in [0.717, 1.165) is 10.0 Å². The molecule has 0 unspecified atom stereocenters. The molecule has 1 N–H and O–H groups in total. The van der Waals surface area contributed by atoms with Gasteiger partial charge in [0.15, 0.2) is 0 Å². The highest BCUT2D eigenvalue weighted by Gasteiger charge is 2.04. The molecule has 0 aliphatic carbocycles. The van der Waals surface area contributed by atoms with Gasteiger partial charge in [-0.3, -0.25) is 4.79 Å². The summed E-state index contributed by atoms with van der Waals surface area (Å²) in [5, 5.41) is 4.55. The molecule has 2 aromatic carbocycles. The second-order valence-electron chi connectivity index (χ2n) is 4.71. The lowest BCUT2D eigenvalue weighted by molar-refractivity contribution is -0.120. The average Bonchev–Trinajstić information content (AvgIpc) is 2.52. The second-order valence-corrected chi connectivity index (χ2v) is 6.06. The van der Waals surface area contributed by atoms with Crippen LogP contribution in [0.15, 0.2) is 52.0 Å². The lowest BCUT2D eigenvalue weighted by atomic mass is 10.1. The summed E-state index contributed by atoms with van der Waals surface area (Å²) in [6, 6.07) is 12.8. The minimum absolute atomic E-state index is 0.191. The van der Waals surface area contributed by atoms with Gasteiger partial charge in [-0.1, -0.05) is 39.7 Å². The van der Waals surface area contributed by atoms with E-state index in [0.29, 0.717) is 22.9 Å². The average molecular weight is 396 g/mol. The highest BCUT2D eigenvalue weighted by atomic mass is 79.9. The molecular weight excluding hydrogens is 380 g/mol. The van der Waals surface area contributed by atoms with Crippen molar-refractivity contribution in [2.75, 3.05) is 6.61 Å². The van der Waals surface area contributed by atoms with Gasteiger partial charge in [0.2, 0.25) is 5.91 Å². The summed E-state index contributed by atoms with van der Waals surface area (Å²) in [6.45, 7) is 2.44. The molecule has 0 heterocycles. The van der Waals surface area contributed by atoms with Crippen LogP contribution in [-0.4, -0.2) is 18.7 Å². The van der Waals surface area contributed by atoms with Crippen molar-refractivity contribution in [3.8, 4) is 5.75 Å². The van der Waals surface area contributed by atoms with Crippen molar-refractivity contribution in [2.45, 2.75) is 13.3 Å². The zero-order valence-corrected chi connectivity index (χ0v) is 14.9. The Morgan fingerprint density at radius 2 is 2.04 bits per heavy atom. The number of nitrogens with zero attached hydrogens (tertiary/aromatic N) is 1. The van der Waals surface area contributed by atoms with Crippen LogP contribution < -0.4 is 10.2 Å². The number of amides is 1. The molecule has 0 atom stereocenters. The fourth-order valence-electron chi connectivity index (χ4n) is 1.91. The molecule has 0 aromatic heterocycles. The molecule has 0 radical (unpaired) electrons. The maximum Gasteiger partial charge on any atom is 0.244 e. The fourth-order valence-corrected chi connectivity index (χ4v) is 2.35. The Kier molecular flexibility index (Phi) is 6.62. The van der Waals surface area contributed by atoms with E-state index in [4.69, 9.17) is 16.3 Å². The number of hydrazone groups is 1. The van der Waals surface area contributed by atoms with Crippen LogP contribution in [0, 0.1) is 0 Å². The molecule has 0 spiro atoms. The van der Waals surface area contributed by atoms with Crippen LogP contribution in [0.25, 0.3) is 0 Å². The van der Waals surface area contributed by atoms with Gasteiger partial charge < -0.3 is 4.74 Å². The SMILES string of the molecule is CCOc1ccc(Cl)cc1/C=N\NC(=O)Cc1ccc(Br)cc1. The molecule has 0 aliphatic rings. The second kappa shape index (κ2) is 8.70. The molecule has 23 heavy (non-hydrogen) atoms. The summed E-state index contributed by atoms with van der Waals surface area (Å²) in [6.07, 6.45) is 1.79. The number of carbonyl (C=O) groups excluding carboxylic acids is 1. The van der Waals surface area contributed by atoms with E-state index >= 15 is 0 Å². The van der Waals surface area contributed by atoms with Crippen molar-refractivity contribution in [2.24, 2.45) is 5.10 Å². The smallest absolute Gasteiger partial charge is 0.244 e. The van der Waals surface area contributed by atoms with Crippen LogP contribution in [0.3, 0.4) is 0 Å². The third kappa shape index (κ3) is 5.69. The molecule has 0 saturated carbocycles. The van der Waals surface area contributed by atoms with Gasteiger partial charge >= 0.3 is 0 Å². The molecule has 6 heteroatoms. The topological polar surface area (TPSA) is 50.7 Å². The summed E-state index contributed by atoms with van der Waals surface area (Å²) in [5.41, 5.74) is 4.13. The molecule has 0 saturated heterocycles. The molecule has 0 fully saturated rings. The van der Waals surface area contributed by atoms with E-state index < -0.39 is 0 Å².